The second-order valence-corrected chi connectivity index (χ2v) is 8.09. The van der Waals surface area contributed by atoms with Crippen molar-refractivity contribution in [3.63, 3.8) is 0 Å². The number of anilines is 1. The molecule has 0 aliphatic rings. The van der Waals surface area contributed by atoms with Crippen LogP contribution in [0.15, 0.2) is 66.2 Å². The summed E-state index contributed by atoms with van der Waals surface area (Å²) in [6.07, 6.45) is 1.43. The number of halogens is 3. The van der Waals surface area contributed by atoms with E-state index in [1.807, 2.05) is 25.1 Å². The molecule has 0 aliphatic heterocycles. The van der Waals surface area contributed by atoms with Gasteiger partial charge in [0.15, 0.2) is 11.5 Å². The molecule has 8 heteroatoms. The van der Waals surface area contributed by atoms with E-state index in [2.05, 4.69) is 5.32 Å². The van der Waals surface area contributed by atoms with E-state index in [1.54, 1.807) is 48.5 Å². The van der Waals surface area contributed by atoms with Gasteiger partial charge in [-0.2, -0.15) is 5.26 Å². The van der Waals surface area contributed by atoms with Crippen molar-refractivity contribution in [3.8, 4) is 17.6 Å². The highest BCUT2D eigenvalue weighted by molar-refractivity contribution is 6.32. The van der Waals surface area contributed by atoms with E-state index in [0.717, 1.165) is 5.56 Å². The van der Waals surface area contributed by atoms with E-state index in [-0.39, 0.29) is 17.2 Å². The standard InChI is InChI=1S/C25H19Cl3N2O3/c1-2-32-23-12-17(10-18(14-29)25(31)30-21-5-3-4-20(27)13-21)11-22(28)24(23)33-15-16-6-8-19(26)9-7-16/h3-13H,2,15H2,1H3,(H,30,31)/b18-10+. The van der Waals surface area contributed by atoms with Crippen molar-refractivity contribution in [1.82, 2.24) is 0 Å². The van der Waals surface area contributed by atoms with Gasteiger partial charge in [-0.3, -0.25) is 4.79 Å². The molecule has 1 amide bonds. The first-order chi connectivity index (χ1) is 15.9. The smallest absolute Gasteiger partial charge is 0.266 e. The number of nitrogens with zero attached hydrogens (tertiary/aromatic N) is 1. The predicted octanol–water partition coefficient (Wildman–Crippen LogP) is 7.17. The largest absolute Gasteiger partial charge is 0.490 e. The van der Waals surface area contributed by atoms with Crippen molar-refractivity contribution in [2.24, 2.45) is 0 Å². The minimum atomic E-state index is -0.572. The number of nitriles is 1. The maximum atomic E-state index is 12.6. The van der Waals surface area contributed by atoms with Crippen LogP contribution in [0, 0.1) is 11.3 Å². The molecule has 5 nitrogen and oxygen atoms in total. The maximum absolute atomic E-state index is 12.6. The number of rotatable bonds is 8. The molecule has 0 unspecified atom stereocenters. The van der Waals surface area contributed by atoms with Gasteiger partial charge in [-0.25, -0.2) is 0 Å². The highest BCUT2D eigenvalue weighted by atomic mass is 35.5. The lowest BCUT2D eigenvalue weighted by molar-refractivity contribution is -0.112. The van der Waals surface area contributed by atoms with E-state index in [9.17, 15) is 10.1 Å². The number of hydrogen-bond acceptors (Lipinski definition) is 4. The molecule has 0 saturated carbocycles. The zero-order valence-electron chi connectivity index (χ0n) is 17.6. The van der Waals surface area contributed by atoms with Crippen LogP contribution >= 0.6 is 34.8 Å². The number of carbonyl (C=O) groups is 1. The molecule has 0 aromatic heterocycles. The summed E-state index contributed by atoms with van der Waals surface area (Å²) in [5, 5.41) is 13.6. The van der Waals surface area contributed by atoms with Crippen LogP contribution in [-0.2, 0) is 11.4 Å². The molecule has 0 atom stereocenters. The topological polar surface area (TPSA) is 71.3 Å². The van der Waals surface area contributed by atoms with Gasteiger partial charge in [0, 0.05) is 15.7 Å². The van der Waals surface area contributed by atoms with E-state index in [4.69, 9.17) is 44.3 Å². The SMILES string of the molecule is CCOc1cc(/C=C(\C#N)C(=O)Nc2cccc(Cl)c2)cc(Cl)c1OCc1ccc(Cl)cc1. The number of ether oxygens (including phenoxy) is 2. The van der Waals surface area contributed by atoms with Gasteiger partial charge in [0.25, 0.3) is 5.91 Å². The maximum Gasteiger partial charge on any atom is 0.266 e. The first kappa shape index (κ1) is 24.5. The summed E-state index contributed by atoms with van der Waals surface area (Å²) in [4.78, 5) is 12.6. The second kappa shape index (κ2) is 11.6. The Bertz CT molecular complexity index is 1220. The summed E-state index contributed by atoms with van der Waals surface area (Å²) in [5.41, 5.74) is 1.79. The molecule has 0 spiro atoms. The van der Waals surface area contributed by atoms with Crippen molar-refractivity contribution in [2.45, 2.75) is 13.5 Å². The monoisotopic (exact) mass is 500 g/mol. The molecular formula is C25H19Cl3N2O3. The van der Waals surface area contributed by atoms with Gasteiger partial charge in [0.1, 0.15) is 18.2 Å². The minimum absolute atomic E-state index is 0.108. The minimum Gasteiger partial charge on any atom is -0.490 e. The first-order valence-electron chi connectivity index (χ1n) is 9.92. The molecule has 3 aromatic carbocycles. The third kappa shape index (κ3) is 6.90. The Kier molecular flexibility index (Phi) is 8.62. The lowest BCUT2D eigenvalue weighted by atomic mass is 10.1. The Morgan fingerprint density at radius 3 is 2.45 bits per heavy atom. The molecular weight excluding hydrogens is 483 g/mol. The average molecular weight is 502 g/mol. The second-order valence-electron chi connectivity index (χ2n) is 6.81. The van der Waals surface area contributed by atoms with Crippen LogP contribution < -0.4 is 14.8 Å². The summed E-state index contributed by atoms with van der Waals surface area (Å²) < 4.78 is 11.6. The van der Waals surface area contributed by atoms with Crippen LogP contribution in [-0.4, -0.2) is 12.5 Å². The molecule has 0 radical (unpaired) electrons. The zero-order chi connectivity index (χ0) is 23.8. The van der Waals surface area contributed by atoms with E-state index < -0.39 is 5.91 Å². The van der Waals surface area contributed by atoms with Crippen LogP contribution in [0.1, 0.15) is 18.1 Å². The van der Waals surface area contributed by atoms with Crippen LogP contribution in [0.5, 0.6) is 11.5 Å². The number of carbonyl (C=O) groups excluding carboxylic acids is 1. The zero-order valence-corrected chi connectivity index (χ0v) is 19.8. The van der Waals surface area contributed by atoms with Crippen LogP contribution in [0.4, 0.5) is 5.69 Å². The van der Waals surface area contributed by atoms with Gasteiger partial charge < -0.3 is 14.8 Å². The summed E-state index contributed by atoms with van der Waals surface area (Å²) in [5.74, 6) is 0.196. The molecule has 1 N–H and O–H groups in total. The third-order valence-electron chi connectivity index (χ3n) is 4.39. The summed E-state index contributed by atoms with van der Waals surface area (Å²) in [6, 6.07) is 19.1. The quantitative estimate of drug-likeness (QED) is 0.262. The lowest BCUT2D eigenvalue weighted by Gasteiger charge is -2.15. The first-order valence-corrected chi connectivity index (χ1v) is 11.0. The Morgan fingerprint density at radius 2 is 1.79 bits per heavy atom. The van der Waals surface area contributed by atoms with Crippen molar-refractivity contribution in [1.29, 1.82) is 5.26 Å². The van der Waals surface area contributed by atoms with Crippen LogP contribution in [0.25, 0.3) is 6.08 Å². The molecule has 168 valence electrons. The van der Waals surface area contributed by atoms with Gasteiger partial charge in [-0.05, 0) is 66.6 Å². The Morgan fingerprint density at radius 1 is 1.03 bits per heavy atom. The molecule has 0 bridgehead atoms. The summed E-state index contributed by atoms with van der Waals surface area (Å²) >= 11 is 18.3. The van der Waals surface area contributed by atoms with E-state index in [0.29, 0.717) is 39.4 Å². The summed E-state index contributed by atoms with van der Waals surface area (Å²) in [7, 11) is 0. The fourth-order valence-electron chi connectivity index (χ4n) is 2.89. The van der Waals surface area contributed by atoms with Gasteiger partial charge in [0.2, 0.25) is 0 Å². The number of benzene rings is 3. The number of hydrogen-bond donors (Lipinski definition) is 1. The normalized spacial score (nSPS) is 10.9. The molecule has 0 saturated heterocycles. The van der Waals surface area contributed by atoms with E-state index >= 15 is 0 Å². The van der Waals surface area contributed by atoms with Crippen molar-refractivity contribution >= 4 is 52.5 Å². The molecule has 0 fully saturated rings. The van der Waals surface area contributed by atoms with Gasteiger partial charge >= 0.3 is 0 Å². The van der Waals surface area contributed by atoms with Gasteiger partial charge in [-0.15, -0.1) is 0 Å². The highest BCUT2D eigenvalue weighted by Crippen LogP contribution is 2.38. The van der Waals surface area contributed by atoms with Crippen molar-refractivity contribution < 1.29 is 14.3 Å². The fourth-order valence-corrected chi connectivity index (χ4v) is 3.48. The van der Waals surface area contributed by atoms with Crippen LogP contribution in [0.2, 0.25) is 15.1 Å². The third-order valence-corrected chi connectivity index (χ3v) is 5.15. The number of amides is 1. The molecule has 0 aliphatic carbocycles. The Balaban J connectivity index is 1.84. The molecule has 33 heavy (non-hydrogen) atoms. The molecule has 3 aromatic rings. The van der Waals surface area contributed by atoms with Crippen LogP contribution in [0.3, 0.4) is 0 Å². The number of nitrogens with one attached hydrogen (secondary N) is 1. The highest BCUT2D eigenvalue weighted by Gasteiger charge is 2.15. The van der Waals surface area contributed by atoms with Gasteiger partial charge in [-0.1, -0.05) is 53.0 Å². The Hall–Kier alpha value is -3.17. The Labute approximate surface area is 207 Å². The lowest BCUT2D eigenvalue weighted by Crippen LogP contribution is -2.13. The van der Waals surface area contributed by atoms with Crippen molar-refractivity contribution in [3.05, 3.63) is 92.4 Å². The van der Waals surface area contributed by atoms with Gasteiger partial charge in [0.05, 0.1) is 11.6 Å². The average Bonchev–Trinajstić information content (AvgIpc) is 2.78. The predicted molar refractivity (Wildman–Crippen MR) is 132 cm³/mol. The fraction of sp³-hybridized carbons (Fsp3) is 0.120. The summed E-state index contributed by atoms with van der Waals surface area (Å²) in [6.45, 7) is 2.47. The molecule has 3 rings (SSSR count). The molecule has 0 heterocycles. The van der Waals surface area contributed by atoms with Crippen molar-refractivity contribution in [2.75, 3.05) is 11.9 Å². The van der Waals surface area contributed by atoms with E-state index in [1.165, 1.54) is 6.08 Å².